The lowest BCUT2D eigenvalue weighted by Crippen LogP contribution is -2.25. The molecule has 12 heavy (non-hydrogen) atoms. The van der Waals surface area contributed by atoms with E-state index in [2.05, 4.69) is 0 Å². The number of aliphatic hydroxyl groups excluding tert-OH is 1. The minimum atomic E-state index is -0.765. The van der Waals surface area contributed by atoms with E-state index in [1.807, 2.05) is 6.79 Å². The zero-order valence-corrected chi connectivity index (χ0v) is 6.90. The third-order valence-corrected chi connectivity index (χ3v) is 2.00. The first kappa shape index (κ1) is 11.1. The molecular weight excluding hydrogens is 160 g/mol. The summed E-state index contributed by atoms with van der Waals surface area (Å²) in [6.07, 6.45) is 2.40. The number of aliphatic carboxylic acids is 1. The molecule has 0 aliphatic heterocycles. The van der Waals surface area contributed by atoms with Crippen molar-refractivity contribution < 1.29 is 19.8 Å². The summed E-state index contributed by atoms with van der Waals surface area (Å²) in [6, 6.07) is 0. The summed E-state index contributed by atoms with van der Waals surface area (Å²) in [5.41, 5.74) is 0. The Hall–Kier alpha value is -0.900. The van der Waals surface area contributed by atoms with E-state index in [1.165, 1.54) is 0 Å². The predicted octanol–water partition coefficient (Wildman–Crippen LogP) is 0.437. The van der Waals surface area contributed by atoms with Crippen LogP contribution in [0.25, 0.3) is 0 Å². The van der Waals surface area contributed by atoms with Crippen LogP contribution >= 0.6 is 0 Å². The summed E-state index contributed by atoms with van der Waals surface area (Å²) in [4.78, 5) is 18.4. The SMILES string of the molecule is C=O.O=C(O)[C@@H]1CCC[C@H](O)C1. The molecule has 2 N–H and O–H groups in total. The van der Waals surface area contributed by atoms with E-state index in [4.69, 9.17) is 15.0 Å². The minimum Gasteiger partial charge on any atom is -0.481 e. The van der Waals surface area contributed by atoms with Crippen molar-refractivity contribution in [2.24, 2.45) is 5.92 Å². The molecule has 0 spiro atoms. The minimum absolute atomic E-state index is 0.302. The molecule has 1 fully saturated rings. The van der Waals surface area contributed by atoms with E-state index >= 15 is 0 Å². The monoisotopic (exact) mass is 174 g/mol. The van der Waals surface area contributed by atoms with Crippen LogP contribution in [-0.2, 0) is 9.59 Å². The van der Waals surface area contributed by atoms with Crippen molar-refractivity contribution >= 4 is 12.8 Å². The molecule has 0 bridgehead atoms. The van der Waals surface area contributed by atoms with Gasteiger partial charge >= 0.3 is 5.97 Å². The second-order valence-electron chi connectivity index (χ2n) is 2.86. The highest BCUT2D eigenvalue weighted by Crippen LogP contribution is 2.23. The fraction of sp³-hybridized carbons (Fsp3) is 0.750. The maximum absolute atomic E-state index is 10.4. The van der Waals surface area contributed by atoms with Crippen LogP contribution in [0, 0.1) is 5.92 Å². The lowest BCUT2D eigenvalue weighted by Gasteiger charge is -2.21. The molecule has 0 saturated heterocycles. The molecule has 0 radical (unpaired) electrons. The Kier molecular flexibility index (Phi) is 5.28. The fourth-order valence-electron chi connectivity index (χ4n) is 1.39. The highest BCUT2D eigenvalue weighted by Gasteiger charge is 2.25. The van der Waals surface area contributed by atoms with Crippen molar-refractivity contribution in [3.05, 3.63) is 0 Å². The molecule has 1 saturated carbocycles. The van der Waals surface area contributed by atoms with Gasteiger partial charge in [-0.15, -0.1) is 0 Å². The smallest absolute Gasteiger partial charge is 0.306 e. The molecule has 1 aliphatic rings. The Morgan fingerprint density at radius 3 is 2.25 bits per heavy atom. The quantitative estimate of drug-likeness (QED) is 0.604. The number of aliphatic hydroxyl groups is 1. The Labute approximate surface area is 71.2 Å². The Morgan fingerprint density at radius 1 is 1.33 bits per heavy atom. The van der Waals surface area contributed by atoms with Crippen LogP contribution < -0.4 is 0 Å². The number of carbonyl (C=O) groups is 2. The topological polar surface area (TPSA) is 74.6 Å². The molecule has 0 unspecified atom stereocenters. The van der Waals surface area contributed by atoms with Crippen LogP contribution in [0.1, 0.15) is 25.7 Å². The first-order valence-electron chi connectivity index (χ1n) is 3.90. The van der Waals surface area contributed by atoms with Gasteiger partial charge in [-0.05, 0) is 19.3 Å². The lowest BCUT2D eigenvalue weighted by molar-refractivity contribution is -0.144. The third-order valence-electron chi connectivity index (χ3n) is 2.00. The van der Waals surface area contributed by atoms with Gasteiger partial charge in [0.1, 0.15) is 6.79 Å². The Morgan fingerprint density at radius 2 is 1.92 bits per heavy atom. The fourth-order valence-corrected chi connectivity index (χ4v) is 1.39. The first-order valence-corrected chi connectivity index (χ1v) is 3.90. The van der Waals surface area contributed by atoms with Crippen LogP contribution in [0.3, 0.4) is 0 Å². The number of hydrogen-bond acceptors (Lipinski definition) is 3. The summed E-state index contributed by atoms with van der Waals surface area (Å²) < 4.78 is 0. The normalized spacial score (nSPS) is 28.4. The molecular formula is C8H14O4. The van der Waals surface area contributed by atoms with Gasteiger partial charge in [0.2, 0.25) is 0 Å². The van der Waals surface area contributed by atoms with Crippen molar-refractivity contribution in [3.63, 3.8) is 0 Å². The summed E-state index contributed by atoms with van der Waals surface area (Å²) >= 11 is 0. The molecule has 2 atom stereocenters. The zero-order valence-electron chi connectivity index (χ0n) is 6.90. The molecule has 1 rings (SSSR count). The van der Waals surface area contributed by atoms with Gasteiger partial charge in [-0.25, -0.2) is 0 Å². The summed E-state index contributed by atoms with van der Waals surface area (Å²) in [6.45, 7) is 2.00. The van der Waals surface area contributed by atoms with Crippen molar-refractivity contribution in [1.29, 1.82) is 0 Å². The summed E-state index contributed by atoms with van der Waals surface area (Å²) in [5.74, 6) is -1.07. The largest absolute Gasteiger partial charge is 0.481 e. The number of carbonyl (C=O) groups excluding carboxylic acids is 1. The van der Waals surface area contributed by atoms with Gasteiger partial charge in [0, 0.05) is 0 Å². The van der Waals surface area contributed by atoms with Crippen LogP contribution in [0.15, 0.2) is 0 Å². The first-order chi connectivity index (χ1) is 5.70. The highest BCUT2D eigenvalue weighted by molar-refractivity contribution is 5.70. The van der Waals surface area contributed by atoms with Gasteiger partial charge in [0.15, 0.2) is 0 Å². The molecule has 70 valence electrons. The number of hydrogen-bond donors (Lipinski definition) is 2. The van der Waals surface area contributed by atoms with Crippen molar-refractivity contribution in [3.8, 4) is 0 Å². The second-order valence-corrected chi connectivity index (χ2v) is 2.86. The number of carboxylic acids is 1. The third kappa shape index (κ3) is 3.48. The van der Waals surface area contributed by atoms with Crippen molar-refractivity contribution in [2.45, 2.75) is 31.8 Å². The van der Waals surface area contributed by atoms with E-state index in [0.29, 0.717) is 6.42 Å². The van der Waals surface area contributed by atoms with Gasteiger partial charge in [-0.2, -0.15) is 0 Å². The van der Waals surface area contributed by atoms with E-state index in [9.17, 15) is 4.79 Å². The van der Waals surface area contributed by atoms with Crippen LogP contribution in [0.2, 0.25) is 0 Å². The highest BCUT2D eigenvalue weighted by atomic mass is 16.4. The van der Waals surface area contributed by atoms with Gasteiger partial charge in [0.05, 0.1) is 12.0 Å². The maximum atomic E-state index is 10.4. The van der Waals surface area contributed by atoms with Crippen molar-refractivity contribution in [2.75, 3.05) is 0 Å². The Balaban J connectivity index is 0.000000561. The molecule has 1 aliphatic carbocycles. The summed E-state index contributed by atoms with van der Waals surface area (Å²) in [5, 5.41) is 17.6. The van der Waals surface area contributed by atoms with Gasteiger partial charge < -0.3 is 15.0 Å². The predicted molar refractivity (Wildman–Crippen MR) is 42.7 cm³/mol. The van der Waals surface area contributed by atoms with E-state index in [0.717, 1.165) is 19.3 Å². The van der Waals surface area contributed by atoms with Crippen LogP contribution in [0.5, 0.6) is 0 Å². The van der Waals surface area contributed by atoms with E-state index in [1.54, 1.807) is 0 Å². The molecule has 4 heteroatoms. The van der Waals surface area contributed by atoms with Gasteiger partial charge in [-0.3, -0.25) is 4.79 Å². The molecule has 0 aromatic heterocycles. The average Bonchev–Trinajstić information content (AvgIpc) is 2.08. The molecule has 0 amide bonds. The standard InChI is InChI=1S/C7H12O3.CH2O/c8-6-3-1-2-5(4-6)7(9)10;1-2/h5-6,8H,1-4H2,(H,9,10);1H2/t5-,6+;/m1./s1. The van der Waals surface area contributed by atoms with Gasteiger partial charge in [0.25, 0.3) is 0 Å². The number of rotatable bonds is 1. The lowest BCUT2D eigenvalue weighted by atomic mass is 9.87. The molecule has 0 heterocycles. The number of carboxylic acid groups (broad SMARTS) is 1. The zero-order chi connectivity index (χ0) is 9.56. The Bertz CT molecular complexity index is 146. The van der Waals surface area contributed by atoms with Crippen molar-refractivity contribution in [1.82, 2.24) is 0 Å². The molecule has 0 aromatic rings. The van der Waals surface area contributed by atoms with Gasteiger partial charge in [-0.1, -0.05) is 6.42 Å². The molecule has 0 aromatic carbocycles. The van der Waals surface area contributed by atoms with Crippen LogP contribution in [-0.4, -0.2) is 29.1 Å². The molecule has 4 nitrogen and oxygen atoms in total. The second kappa shape index (κ2) is 5.71. The van der Waals surface area contributed by atoms with E-state index < -0.39 is 5.97 Å². The maximum Gasteiger partial charge on any atom is 0.306 e. The summed E-state index contributed by atoms with van der Waals surface area (Å²) in [7, 11) is 0. The average molecular weight is 174 g/mol. The van der Waals surface area contributed by atoms with E-state index in [-0.39, 0.29) is 12.0 Å². The van der Waals surface area contributed by atoms with Crippen LogP contribution in [0.4, 0.5) is 0 Å².